The molecule has 1 aliphatic rings. The van der Waals surface area contributed by atoms with E-state index in [0.29, 0.717) is 30.4 Å². The fraction of sp³-hybridized carbons (Fsp3) is 0.286. The highest BCUT2D eigenvalue weighted by Crippen LogP contribution is 2.30. The van der Waals surface area contributed by atoms with Crippen molar-refractivity contribution in [2.75, 3.05) is 19.7 Å². The highest BCUT2D eigenvalue weighted by molar-refractivity contribution is 5.89. The van der Waals surface area contributed by atoms with Gasteiger partial charge < -0.3 is 25.0 Å². The van der Waals surface area contributed by atoms with Gasteiger partial charge in [-0.25, -0.2) is 23.4 Å². The maximum atomic E-state index is 13.3. The summed E-state index contributed by atoms with van der Waals surface area (Å²) in [5.41, 5.74) is 0. The standard InChI is InChI=1S/C17H18F2N2O2.C4H4O4/c18-14-6-5-13(9-15(14)19)23-17-16(4-2-8-21-17)22-11-12-3-1-7-20-10-12;5-3(6)1-2-4(7)8/h2,4-6,8-9,12,20H,1,3,7,10-11H2;1-2H,(H,5,6)(H,7,8)/b;2-1+/t12-;/m1./s1. The van der Waals surface area contributed by atoms with E-state index in [0.717, 1.165) is 38.1 Å². The smallest absolute Gasteiger partial charge is 0.328 e. The summed E-state index contributed by atoms with van der Waals surface area (Å²) in [4.78, 5) is 23.2. The summed E-state index contributed by atoms with van der Waals surface area (Å²) < 4.78 is 37.6. The molecule has 0 spiro atoms. The van der Waals surface area contributed by atoms with Crippen LogP contribution in [0, 0.1) is 17.6 Å². The molecule has 166 valence electrons. The molecule has 1 saturated heterocycles. The summed E-state index contributed by atoms with van der Waals surface area (Å²) >= 11 is 0. The Hall–Kier alpha value is -3.53. The fourth-order valence-electron chi connectivity index (χ4n) is 2.63. The second-order valence-corrected chi connectivity index (χ2v) is 6.52. The number of carbonyl (C=O) groups is 2. The van der Waals surface area contributed by atoms with E-state index in [4.69, 9.17) is 19.7 Å². The van der Waals surface area contributed by atoms with E-state index in [2.05, 4.69) is 10.3 Å². The summed E-state index contributed by atoms with van der Waals surface area (Å²) in [7, 11) is 0. The molecule has 0 aliphatic carbocycles. The van der Waals surface area contributed by atoms with Crippen molar-refractivity contribution in [3.05, 3.63) is 60.3 Å². The molecule has 1 atom stereocenters. The highest BCUT2D eigenvalue weighted by atomic mass is 19.2. The van der Waals surface area contributed by atoms with E-state index in [9.17, 15) is 18.4 Å². The third-order valence-electron chi connectivity index (χ3n) is 4.08. The predicted octanol–water partition coefficient (Wildman–Crippen LogP) is 3.24. The van der Waals surface area contributed by atoms with Crippen LogP contribution < -0.4 is 14.8 Å². The van der Waals surface area contributed by atoms with Crippen LogP contribution in [-0.4, -0.2) is 46.8 Å². The average molecular weight is 436 g/mol. The molecule has 0 unspecified atom stereocenters. The average Bonchev–Trinajstić information content (AvgIpc) is 2.75. The van der Waals surface area contributed by atoms with Crippen molar-refractivity contribution in [1.29, 1.82) is 0 Å². The van der Waals surface area contributed by atoms with Crippen molar-refractivity contribution >= 4 is 11.9 Å². The molecule has 0 saturated carbocycles. The molecule has 3 rings (SSSR count). The summed E-state index contributed by atoms with van der Waals surface area (Å²) in [6, 6.07) is 6.84. The maximum Gasteiger partial charge on any atom is 0.328 e. The van der Waals surface area contributed by atoms with Gasteiger partial charge in [-0.1, -0.05) is 0 Å². The van der Waals surface area contributed by atoms with Crippen molar-refractivity contribution in [1.82, 2.24) is 10.3 Å². The van der Waals surface area contributed by atoms with Gasteiger partial charge in [-0.05, 0) is 43.7 Å². The molecule has 0 amide bonds. The molecule has 3 N–H and O–H groups in total. The Labute approximate surface area is 177 Å². The van der Waals surface area contributed by atoms with Gasteiger partial charge in [0.1, 0.15) is 5.75 Å². The molecule has 2 heterocycles. The number of ether oxygens (including phenoxy) is 2. The normalized spacial score (nSPS) is 15.6. The Morgan fingerprint density at radius 3 is 2.52 bits per heavy atom. The molecule has 1 aromatic heterocycles. The minimum absolute atomic E-state index is 0.173. The second kappa shape index (κ2) is 12.2. The summed E-state index contributed by atoms with van der Waals surface area (Å²) in [6.45, 7) is 2.54. The molecule has 1 fully saturated rings. The van der Waals surface area contributed by atoms with Gasteiger partial charge >= 0.3 is 11.9 Å². The number of carboxylic acid groups (broad SMARTS) is 2. The summed E-state index contributed by atoms with van der Waals surface area (Å²) in [5, 5.41) is 19.0. The molecule has 0 bridgehead atoms. The largest absolute Gasteiger partial charge is 0.488 e. The van der Waals surface area contributed by atoms with Crippen molar-refractivity contribution < 1.29 is 38.1 Å². The Kier molecular flexibility index (Phi) is 9.37. The minimum Gasteiger partial charge on any atom is -0.488 e. The van der Waals surface area contributed by atoms with Gasteiger partial charge in [-0.15, -0.1) is 0 Å². The third-order valence-corrected chi connectivity index (χ3v) is 4.08. The van der Waals surface area contributed by atoms with Crippen molar-refractivity contribution in [3.8, 4) is 17.4 Å². The Bertz CT molecular complexity index is 900. The van der Waals surface area contributed by atoms with Gasteiger partial charge in [0.2, 0.25) is 0 Å². The number of aromatic nitrogens is 1. The number of carboxylic acids is 2. The molecule has 10 heteroatoms. The van der Waals surface area contributed by atoms with Gasteiger partial charge in [0, 0.05) is 36.9 Å². The zero-order valence-electron chi connectivity index (χ0n) is 16.5. The van der Waals surface area contributed by atoms with E-state index in [1.807, 2.05) is 0 Å². The molecule has 31 heavy (non-hydrogen) atoms. The predicted molar refractivity (Wildman–Crippen MR) is 106 cm³/mol. The van der Waals surface area contributed by atoms with Crippen LogP contribution in [0.25, 0.3) is 0 Å². The van der Waals surface area contributed by atoms with Crippen LogP contribution in [0.5, 0.6) is 17.4 Å². The van der Waals surface area contributed by atoms with Crippen molar-refractivity contribution in [2.24, 2.45) is 5.92 Å². The number of piperidine rings is 1. The van der Waals surface area contributed by atoms with Crippen LogP contribution in [0.3, 0.4) is 0 Å². The van der Waals surface area contributed by atoms with Crippen LogP contribution in [-0.2, 0) is 9.59 Å². The molecular formula is C21H22F2N2O6. The van der Waals surface area contributed by atoms with Crippen molar-refractivity contribution in [2.45, 2.75) is 12.8 Å². The van der Waals surface area contributed by atoms with Gasteiger partial charge in [0.05, 0.1) is 6.61 Å². The number of benzene rings is 1. The van der Waals surface area contributed by atoms with Crippen molar-refractivity contribution in [3.63, 3.8) is 0 Å². The van der Waals surface area contributed by atoms with Crippen LogP contribution in [0.15, 0.2) is 48.7 Å². The zero-order valence-corrected chi connectivity index (χ0v) is 16.5. The number of hydrogen-bond donors (Lipinski definition) is 3. The molecule has 1 aliphatic heterocycles. The van der Waals surface area contributed by atoms with E-state index >= 15 is 0 Å². The lowest BCUT2D eigenvalue weighted by Crippen LogP contribution is -2.33. The lowest BCUT2D eigenvalue weighted by atomic mass is 10.0. The first-order chi connectivity index (χ1) is 14.8. The lowest BCUT2D eigenvalue weighted by Gasteiger charge is -2.23. The Morgan fingerprint density at radius 2 is 1.90 bits per heavy atom. The summed E-state index contributed by atoms with van der Waals surface area (Å²) in [6.07, 6.45) is 4.93. The van der Waals surface area contributed by atoms with Crippen LogP contribution in [0.2, 0.25) is 0 Å². The van der Waals surface area contributed by atoms with E-state index in [-0.39, 0.29) is 11.6 Å². The lowest BCUT2D eigenvalue weighted by molar-refractivity contribution is -0.134. The first kappa shape index (κ1) is 23.7. The topological polar surface area (TPSA) is 118 Å². The third kappa shape index (κ3) is 8.79. The van der Waals surface area contributed by atoms with Gasteiger partial charge in [-0.2, -0.15) is 0 Å². The van der Waals surface area contributed by atoms with Crippen LogP contribution in [0.1, 0.15) is 12.8 Å². The SMILES string of the molecule is Fc1ccc(Oc2ncccc2OC[C@@H]2CCCNC2)cc1F.O=C(O)/C=C/C(=O)O. The van der Waals surface area contributed by atoms with Gasteiger partial charge in [0.25, 0.3) is 5.88 Å². The first-order valence-electron chi connectivity index (χ1n) is 9.40. The van der Waals surface area contributed by atoms with Crippen LogP contribution in [0.4, 0.5) is 8.78 Å². The van der Waals surface area contributed by atoms with Crippen LogP contribution >= 0.6 is 0 Å². The number of nitrogens with zero attached hydrogens (tertiary/aromatic N) is 1. The minimum atomic E-state index is -1.26. The van der Waals surface area contributed by atoms with E-state index < -0.39 is 23.6 Å². The number of hydrogen-bond acceptors (Lipinski definition) is 6. The monoisotopic (exact) mass is 436 g/mol. The fourth-order valence-corrected chi connectivity index (χ4v) is 2.63. The molecule has 2 aromatic rings. The summed E-state index contributed by atoms with van der Waals surface area (Å²) in [5.74, 6) is -3.05. The Balaban J connectivity index is 0.000000366. The zero-order chi connectivity index (χ0) is 22.6. The maximum absolute atomic E-state index is 13.3. The van der Waals surface area contributed by atoms with E-state index in [1.165, 1.54) is 6.07 Å². The highest BCUT2D eigenvalue weighted by Gasteiger charge is 2.16. The second-order valence-electron chi connectivity index (χ2n) is 6.52. The molecule has 0 radical (unpaired) electrons. The number of rotatable bonds is 7. The van der Waals surface area contributed by atoms with Gasteiger partial charge in [-0.3, -0.25) is 0 Å². The van der Waals surface area contributed by atoms with Gasteiger partial charge in [0.15, 0.2) is 17.4 Å². The Morgan fingerprint density at radius 1 is 1.16 bits per heavy atom. The molecular weight excluding hydrogens is 414 g/mol. The quantitative estimate of drug-likeness (QED) is 0.566. The molecule has 8 nitrogen and oxygen atoms in total. The first-order valence-corrected chi connectivity index (χ1v) is 9.40. The van der Waals surface area contributed by atoms with E-state index in [1.54, 1.807) is 18.3 Å². The number of halogens is 2. The molecule has 1 aromatic carbocycles. The number of nitrogens with one attached hydrogen (secondary N) is 1. The number of aliphatic carboxylic acids is 2. The number of pyridine rings is 1.